The van der Waals surface area contributed by atoms with Gasteiger partial charge in [0.05, 0.1) is 11.2 Å². The van der Waals surface area contributed by atoms with Gasteiger partial charge in [-0.1, -0.05) is 6.92 Å². The number of nitrogens with zero attached hydrogens (tertiary/aromatic N) is 2. The van der Waals surface area contributed by atoms with Gasteiger partial charge >= 0.3 is 5.97 Å². The summed E-state index contributed by atoms with van der Waals surface area (Å²) < 4.78 is 0. The highest BCUT2D eigenvalue weighted by atomic mass is 32.1. The molecule has 1 saturated heterocycles. The van der Waals surface area contributed by atoms with E-state index in [1.807, 2.05) is 11.8 Å². The number of piperidine rings is 1. The molecular weight excluding hydrogens is 276 g/mol. The number of rotatable bonds is 5. The van der Waals surface area contributed by atoms with Gasteiger partial charge in [-0.15, -0.1) is 11.3 Å². The Morgan fingerprint density at radius 3 is 3.00 bits per heavy atom. The maximum Gasteiger partial charge on any atom is 0.303 e. The number of hydrogen-bond acceptors (Lipinski definition) is 4. The highest BCUT2D eigenvalue weighted by Crippen LogP contribution is 2.24. The van der Waals surface area contributed by atoms with Gasteiger partial charge in [0, 0.05) is 19.5 Å². The molecule has 1 amide bonds. The predicted octanol–water partition coefficient (Wildman–Crippen LogP) is 2.42. The van der Waals surface area contributed by atoms with Crippen molar-refractivity contribution >= 4 is 23.2 Å². The van der Waals surface area contributed by atoms with E-state index in [0.29, 0.717) is 23.8 Å². The Labute approximate surface area is 122 Å². The lowest BCUT2D eigenvalue weighted by Crippen LogP contribution is -2.39. The van der Waals surface area contributed by atoms with Gasteiger partial charge < -0.3 is 10.0 Å². The zero-order chi connectivity index (χ0) is 14.5. The van der Waals surface area contributed by atoms with E-state index in [2.05, 4.69) is 4.98 Å². The van der Waals surface area contributed by atoms with Crippen molar-refractivity contribution in [1.29, 1.82) is 0 Å². The predicted molar refractivity (Wildman–Crippen MR) is 77.0 cm³/mol. The average molecular weight is 296 g/mol. The van der Waals surface area contributed by atoms with Crippen molar-refractivity contribution < 1.29 is 14.7 Å². The molecule has 0 bridgehead atoms. The standard InChI is InChI=1S/C14H20N2O3S/c1-2-12-15-8-11(20-12)14(19)16-7-3-4-10(9-16)5-6-13(17)18/h8,10H,2-7,9H2,1H3,(H,17,18)/t10-/m0/s1. The van der Waals surface area contributed by atoms with E-state index in [-0.39, 0.29) is 12.3 Å². The second-order valence-electron chi connectivity index (χ2n) is 5.16. The van der Waals surface area contributed by atoms with E-state index < -0.39 is 5.97 Å². The third-order valence-corrected chi connectivity index (χ3v) is 4.77. The van der Waals surface area contributed by atoms with Crippen LogP contribution in [0, 0.1) is 5.92 Å². The minimum absolute atomic E-state index is 0.0437. The number of amides is 1. The molecule has 1 aromatic heterocycles. The molecule has 110 valence electrons. The Bertz CT molecular complexity index is 487. The second kappa shape index (κ2) is 6.83. The van der Waals surface area contributed by atoms with E-state index in [0.717, 1.165) is 30.8 Å². The van der Waals surface area contributed by atoms with Crippen molar-refractivity contribution in [2.75, 3.05) is 13.1 Å². The van der Waals surface area contributed by atoms with Gasteiger partial charge in [0.25, 0.3) is 5.91 Å². The maximum atomic E-state index is 12.4. The molecule has 0 aromatic carbocycles. The summed E-state index contributed by atoms with van der Waals surface area (Å²) in [6, 6.07) is 0. The molecule has 0 radical (unpaired) electrons. The Balaban J connectivity index is 1.94. The van der Waals surface area contributed by atoms with Crippen LogP contribution in [0.25, 0.3) is 0 Å². The summed E-state index contributed by atoms with van der Waals surface area (Å²) in [6.45, 7) is 3.46. The molecule has 0 saturated carbocycles. The topological polar surface area (TPSA) is 70.5 Å². The first kappa shape index (κ1) is 15.0. The molecule has 2 heterocycles. The summed E-state index contributed by atoms with van der Waals surface area (Å²) in [5, 5.41) is 9.72. The number of aryl methyl sites for hydroxylation is 1. The lowest BCUT2D eigenvalue weighted by Gasteiger charge is -2.32. The average Bonchev–Trinajstić information content (AvgIpc) is 2.93. The van der Waals surface area contributed by atoms with E-state index in [1.165, 1.54) is 11.3 Å². The molecule has 1 fully saturated rings. The summed E-state index contributed by atoms with van der Waals surface area (Å²) >= 11 is 1.46. The molecule has 2 rings (SSSR count). The van der Waals surface area contributed by atoms with Crippen molar-refractivity contribution in [1.82, 2.24) is 9.88 Å². The number of carboxylic acids is 1. The van der Waals surface area contributed by atoms with Gasteiger partial charge in [-0.3, -0.25) is 9.59 Å². The third-order valence-electron chi connectivity index (χ3n) is 3.64. The molecule has 1 aliphatic rings. The Morgan fingerprint density at radius 2 is 2.35 bits per heavy atom. The van der Waals surface area contributed by atoms with E-state index in [9.17, 15) is 9.59 Å². The number of carbonyl (C=O) groups is 2. The molecule has 0 spiro atoms. The summed E-state index contributed by atoms with van der Waals surface area (Å²) in [7, 11) is 0. The number of likely N-dealkylation sites (tertiary alicyclic amines) is 1. The first-order chi connectivity index (χ1) is 9.60. The van der Waals surface area contributed by atoms with Crippen LogP contribution in [0.3, 0.4) is 0 Å². The minimum Gasteiger partial charge on any atom is -0.481 e. The van der Waals surface area contributed by atoms with Crippen LogP contribution < -0.4 is 0 Å². The van der Waals surface area contributed by atoms with Crippen LogP contribution >= 0.6 is 11.3 Å². The molecule has 1 aliphatic heterocycles. The molecule has 1 N–H and O–H groups in total. The number of thiazole rings is 1. The maximum absolute atomic E-state index is 12.4. The lowest BCUT2D eigenvalue weighted by molar-refractivity contribution is -0.137. The minimum atomic E-state index is -0.761. The highest BCUT2D eigenvalue weighted by molar-refractivity contribution is 7.13. The zero-order valence-electron chi connectivity index (χ0n) is 11.7. The van der Waals surface area contributed by atoms with Crippen molar-refractivity contribution in [3.63, 3.8) is 0 Å². The van der Waals surface area contributed by atoms with Crippen LogP contribution in [0.1, 0.15) is 47.3 Å². The van der Waals surface area contributed by atoms with Gasteiger partial charge in [-0.2, -0.15) is 0 Å². The number of carboxylic acid groups (broad SMARTS) is 1. The van der Waals surface area contributed by atoms with Crippen molar-refractivity contribution in [2.24, 2.45) is 5.92 Å². The highest BCUT2D eigenvalue weighted by Gasteiger charge is 2.25. The molecule has 1 atom stereocenters. The molecule has 0 aliphatic carbocycles. The monoisotopic (exact) mass is 296 g/mol. The van der Waals surface area contributed by atoms with Crippen LogP contribution in [0.4, 0.5) is 0 Å². The van der Waals surface area contributed by atoms with Crippen molar-refractivity contribution in [2.45, 2.75) is 39.0 Å². The summed E-state index contributed by atoms with van der Waals surface area (Å²) in [6.07, 6.45) is 5.32. The van der Waals surface area contributed by atoms with E-state index in [1.54, 1.807) is 6.20 Å². The zero-order valence-corrected chi connectivity index (χ0v) is 12.5. The Kier molecular flexibility index (Phi) is 5.11. The fourth-order valence-electron chi connectivity index (χ4n) is 2.54. The Morgan fingerprint density at radius 1 is 1.55 bits per heavy atom. The molecule has 0 unspecified atom stereocenters. The second-order valence-corrected chi connectivity index (χ2v) is 6.28. The number of aromatic nitrogens is 1. The third kappa shape index (κ3) is 3.79. The summed E-state index contributed by atoms with van der Waals surface area (Å²) in [4.78, 5) is 29.8. The van der Waals surface area contributed by atoms with Gasteiger partial charge in [0.2, 0.25) is 0 Å². The van der Waals surface area contributed by atoms with E-state index in [4.69, 9.17) is 5.11 Å². The molecular formula is C14H20N2O3S. The lowest BCUT2D eigenvalue weighted by atomic mass is 9.93. The number of carbonyl (C=O) groups excluding carboxylic acids is 1. The SMILES string of the molecule is CCc1ncc(C(=O)N2CCC[C@@H](CCC(=O)O)C2)s1. The molecule has 1 aromatic rings. The summed E-state index contributed by atoms with van der Waals surface area (Å²) in [5.74, 6) is -0.409. The Hall–Kier alpha value is -1.43. The van der Waals surface area contributed by atoms with Gasteiger partial charge in [-0.25, -0.2) is 4.98 Å². The quantitative estimate of drug-likeness (QED) is 0.906. The van der Waals surface area contributed by atoms with Crippen LogP contribution in [-0.4, -0.2) is 40.0 Å². The van der Waals surface area contributed by atoms with Crippen LogP contribution in [-0.2, 0) is 11.2 Å². The molecule has 6 heteroatoms. The molecule has 5 nitrogen and oxygen atoms in total. The van der Waals surface area contributed by atoms with Gasteiger partial charge in [-0.05, 0) is 31.6 Å². The fourth-order valence-corrected chi connectivity index (χ4v) is 3.37. The largest absolute Gasteiger partial charge is 0.481 e. The molecule has 20 heavy (non-hydrogen) atoms. The number of hydrogen-bond donors (Lipinski definition) is 1. The van der Waals surface area contributed by atoms with Crippen LogP contribution in [0.5, 0.6) is 0 Å². The van der Waals surface area contributed by atoms with Gasteiger partial charge in [0.15, 0.2) is 0 Å². The normalized spacial score (nSPS) is 19.1. The van der Waals surface area contributed by atoms with Gasteiger partial charge in [0.1, 0.15) is 4.88 Å². The van der Waals surface area contributed by atoms with Crippen LogP contribution in [0.2, 0.25) is 0 Å². The first-order valence-electron chi connectivity index (χ1n) is 7.06. The smallest absolute Gasteiger partial charge is 0.303 e. The number of aliphatic carboxylic acids is 1. The van der Waals surface area contributed by atoms with Crippen molar-refractivity contribution in [3.8, 4) is 0 Å². The van der Waals surface area contributed by atoms with Crippen LogP contribution in [0.15, 0.2) is 6.20 Å². The van der Waals surface area contributed by atoms with Crippen molar-refractivity contribution in [3.05, 3.63) is 16.1 Å². The van der Waals surface area contributed by atoms with E-state index >= 15 is 0 Å². The summed E-state index contributed by atoms with van der Waals surface area (Å²) in [5.41, 5.74) is 0. The first-order valence-corrected chi connectivity index (χ1v) is 7.87. The fraction of sp³-hybridized carbons (Fsp3) is 0.643.